The molecule has 0 spiro atoms. The van der Waals surface area contributed by atoms with E-state index in [4.69, 9.17) is 0 Å². The second-order valence-electron chi connectivity index (χ2n) is 6.06. The van der Waals surface area contributed by atoms with Crippen molar-refractivity contribution >= 4 is 11.6 Å². The molecule has 7 heteroatoms. The van der Waals surface area contributed by atoms with E-state index in [1.807, 2.05) is 65.5 Å². The second kappa shape index (κ2) is 7.65. The predicted molar refractivity (Wildman–Crippen MR) is 102 cm³/mol. The quantitative estimate of drug-likeness (QED) is 0.575. The van der Waals surface area contributed by atoms with Crippen LogP contribution in [-0.4, -0.2) is 30.5 Å². The van der Waals surface area contributed by atoms with E-state index in [0.717, 1.165) is 22.6 Å². The molecular formula is C20H18N6O. The van der Waals surface area contributed by atoms with Gasteiger partial charge in [0, 0.05) is 18.3 Å². The molecule has 134 valence electrons. The summed E-state index contributed by atoms with van der Waals surface area (Å²) in [6, 6.07) is 17.4. The van der Waals surface area contributed by atoms with Crippen LogP contribution in [0.25, 0.3) is 11.4 Å². The molecule has 0 atom stereocenters. The van der Waals surface area contributed by atoms with Crippen LogP contribution < -0.4 is 5.32 Å². The van der Waals surface area contributed by atoms with Gasteiger partial charge in [0.1, 0.15) is 12.7 Å². The van der Waals surface area contributed by atoms with E-state index in [1.165, 1.54) is 6.33 Å². The maximum Gasteiger partial charge on any atom is 0.224 e. The maximum absolute atomic E-state index is 12.2. The third-order valence-electron chi connectivity index (χ3n) is 4.13. The van der Waals surface area contributed by atoms with Gasteiger partial charge < -0.3 is 5.32 Å². The van der Waals surface area contributed by atoms with Crippen LogP contribution in [0.1, 0.15) is 12.0 Å². The number of aromatic nitrogens is 5. The van der Waals surface area contributed by atoms with Crippen LogP contribution in [0.5, 0.6) is 0 Å². The molecule has 4 aromatic rings. The zero-order valence-electron chi connectivity index (χ0n) is 14.6. The lowest BCUT2D eigenvalue weighted by Crippen LogP contribution is -2.12. The van der Waals surface area contributed by atoms with Crippen LogP contribution in [0.15, 0.2) is 79.6 Å². The van der Waals surface area contributed by atoms with Crippen molar-refractivity contribution in [1.82, 2.24) is 24.5 Å². The largest absolute Gasteiger partial charge is 0.326 e. The van der Waals surface area contributed by atoms with Gasteiger partial charge in [-0.3, -0.25) is 4.79 Å². The Morgan fingerprint density at radius 3 is 2.44 bits per heavy atom. The highest BCUT2D eigenvalue weighted by Crippen LogP contribution is 2.13. The van der Waals surface area contributed by atoms with Gasteiger partial charge in [-0.2, -0.15) is 10.2 Å². The molecule has 2 aromatic carbocycles. The average molecular weight is 358 g/mol. The van der Waals surface area contributed by atoms with Crippen molar-refractivity contribution in [2.75, 3.05) is 5.32 Å². The van der Waals surface area contributed by atoms with Gasteiger partial charge in [0.15, 0.2) is 0 Å². The highest BCUT2D eigenvalue weighted by molar-refractivity contribution is 5.90. The van der Waals surface area contributed by atoms with Gasteiger partial charge in [0.05, 0.1) is 17.6 Å². The number of hydrogen-bond donors (Lipinski definition) is 1. The van der Waals surface area contributed by atoms with E-state index in [0.29, 0.717) is 12.8 Å². The van der Waals surface area contributed by atoms with Gasteiger partial charge in [0.2, 0.25) is 5.91 Å². The summed E-state index contributed by atoms with van der Waals surface area (Å²) in [5, 5.41) is 11.3. The van der Waals surface area contributed by atoms with Gasteiger partial charge in [-0.05, 0) is 48.4 Å². The van der Waals surface area contributed by atoms with Crippen molar-refractivity contribution in [3.8, 4) is 11.4 Å². The number of amides is 1. The Hall–Kier alpha value is -3.74. The summed E-state index contributed by atoms with van der Waals surface area (Å²) in [6.07, 6.45) is 7.89. The molecule has 0 radical (unpaired) electrons. The molecule has 0 aliphatic rings. The topological polar surface area (TPSA) is 77.6 Å². The van der Waals surface area contributed by atoms with E-state index in [1.54, 1.807) is 17.2 Å². The van der Waals surface area contributed by atoms with E-state index in [9.17, 15) is 4.79 Å². The molecule has 0 saturated carbocycles. The number of carbonyl (C=O) groups excluding carboxylic acids is 1. The second-order valence-corrected chi connectivity index (χ2v) is 6.06. The van der Waals surface area contributed by atoms with E-state index < -0.39 is 0 Å². The first-order chi connectivity index (χ1) is 13.3. The van der Waals surface area contributed by atoms with E-state index >= 15 is 0 Å². The molecule has 0 unspecified atom stereocenters. The van der Waals surface area contributed by atoms with Crippen LogP contribution in [0.4, 0.5) is 5.69 Å². The third kappa shape index (κ3) is 4.09. The summed E-state index contributed by atoms with van der Waals surface area (Å²) in [5.41, 5.74) is 3.67. The summed E-state index contributed by atoms with van der Waals surface area (Å²) in [6.45, 7) is 0. The highest BCUT2D eigenvalue weighted by atomic mass is 16.1. The molecule has 2 aromatic heterocycles. The zero-order chi connectivity index (χ0) is 18.5. The first-order valence-corrected chi connectivity index (χ1v) is 8.62. The Labute approximate surface area is 156 Å². The minimum absolute atomic E-state index is 0.0315. The lowest BCUT2D eigenvalue weighted by Gasteiger charge is -2.06. The first kappa shape index (κ1) is 16.7. The van der Waals surface area contributed by atoms with Gasteiger partial charge in [-0.15, -0.1) is 0 Å². The van der Waals surface area contributed by atoms with Gasteiger partial charge in [-0.1, -0.05) is 18.2 Å². The molecule has 0 aliphatic heterocycles. The van der Waals surface area contributed by atoms with Crippen LogP contribution in [0.3, 0.4) is 0 Å². The minimum Gasteiger partial charge on any atom is -0.326 e. The highest BCUT2D eigenvalue weighted by Gasteiger charge is 2.06. The Morgan fingerprint density at radius 1 is 0.926 bits per heavy atom. The SMILES string of the molecule is O=C(CCc1cnn(-c2ccccc2)c1)Nc1ccc(-n2cncn2)cc1. The van der Waals surface area contributed by atoms with Crippen LogP contribution >= 0.6 is 0 Å². The monoisotopic (exact) mass is 358 g/mol. The summed E-state index contributed by atoms with van der Waals surface area (Å²) in [7, 11) is 0. The molecule has 0 fully saturated rings. The number of hydrogen-bond acceptors (Lipinski definition) is 4. The fourth-order valence-corrected chi connectivity index (χ4v) is 2.73. The van der Waals surface area contributed by atoms with Crippen LogP contribution in [0.2, 0.25) is 0 Å². The normalized spacial score (nSPS) is 10.7. The Kier molecular flexibility index (Phi) is 4.74. The number of carbonyl (C=O) groups is 1. The van der Waals surface area contributed by atoms with Crippen molar-refractivity contribution in [3.05, 3.63) is 85.2 Å². The Balaban J connectivity index is 1.32. The van der Waals surface area contributed by atoms with E-state index in [2.05, 4.69) is 20.5 Å². The molecule has 0 aliphatic carbocycles. The lowest BCUT2D eigenvalue weighted by atomic mass is 10.2. The lowest BCUT2D eigenvalue weighted by molar-refractivity contribution is -0.116. The van der Waals surface area contributed by atoms with Crippen LogP contribution in [-0.2, 0) is 11.2 Å². The van der Waals surface area contributed by atoms with Gasteiger partial charge >= 0.3 is 0 Å². The Morgan fingerprint density at radius 2 is 1.70 bits per heavy atom. The van der Waals surface area contributed by atoms with Crippen molar-refractivity contribution in [1.29, 1.82) is 0 Å². The number of aryl methyl sites for hydroxylation is 1. The number of rotatable bonds is 6. The molecule has 1 amide bonds. The van der Waals surface area contributed by atoms with Crippen molar-refractivity contribution in [2.45, 2.75) is 12.8 Å². The fourth-order valence-electron chi connectivity index (χ4n) is 2.73. The molecule has 27 heavy (non-hydrogen) atoms. The standard InChI is InChI=1S/C20H18N6O/c27-20(24-17-7-9-19(10-8-17)26-15-21-14-23-26)11-6-16-12-22-25(13-16)18-4-2-1-3-5-18/h1-5,7-10,12-15H,6,11H2,(H,24,27). The van der Waals surface area contributed by atoms with Gasteiger partial charge in [0.25, 0.3) is 0 Å². The number of benzene rings is 2. The summed E-state index contributed by atoms with van der Waals surface area (Å²) in [5.74, 6) is -0.0315. The molecule has 2 heterocycles. The molecule has 7 nitrogen and oxygen atoms in total. The molecule has 0 bridgehead atoms. The number of anilines is 1. The third-order valence-corrected chi connectivity index (χ3v) is 4.13. The molecule has 4 rings (SSSR count). The summed E-state index contributed by atoms with van der Waals surface area (Å²) >= 11 is 0. The average Bonchev–Trinajstić information content (AvgIpc) is 3.40. The predicted octanol–water partition coefficient (Wildman–Crippen LogP) is 3.02. The zero-order valence-corrected chi connectivity index (χ0v) is 14.6. The van der Waals surface area contributed by atoms with Crippen molar-refractivity contribution in [2.24, 2.45) is 0 Å². The van der Waals surface area contributed by atoms with Crippen molar-refractivity contribution in [3.63, 3.8) is 0 Å². The number of para-hydroxylation sites is 1. The van der Waals surface area contributed by atoms with E-state index in [-0.39, 0.29) is 5.91 Å². The Bertz CT molecular complexity index is 1010. The molecule has 1 N–H and O–H groups in total. The first-order valence-electron chi connectivity index (χ1n) is 8.62. The summed E-state index contributed by atoms with van der Waals surface area (Å²) in [4.78, 5) is 16.1. The van der Waals surface area contributed by atoms with Crippen LogP contribution in [0, 0.1) is 0 Å². The number of nitrogens with one attached hydrogen (secondary N) is 1. The summed E-state index contributed by atoms with van der Waals surface area (Å²) < 4.78 is 3.48. The van der Waals surface area contributed by atoms with Crippen molar-refractivity contribution < 1.29 is 4.79 Å². The minimum atomic E-state index is -0.0315. The smallest absolute Gasteiger partial charge is 0.224 e. The fraction of sp³-hybridized carbons (Fsp3) is 0.100. The molecular weight excluding hydrogens is 340 g/mol. The maximum atomic E-state index is 12.2. The molecule has 0 saturated heterocycles. The van der Waals surface area contributed by atoms with Gasteiger partial charge in [-0.25, -0.2) is 14.3 Å². The number of nitrogens with zero attached hydrogens (tertiary/aromatic N) is 5.